The van der Waals surface area contributed by atoms with Gasteiger partial charge in [-0.25, -0.2) is 13.4 Å². The van der Waals surface area contributed by atoms with E-state index in [1.807, 2.05) is 20.8 Å². The molecule has 0 fully saturated rings. The van der Waals surface area contributed by atoms with Crippen LogP contribution in [-0.2, 0) is 10.0 Å². The van der Waals surface area contributed by atoms with Crippen molar-refractivity contribution in [3.05, 3.63) is 51.6 Å². The summed E-state index contributed by atoms with van der Waals surface area (Å²) in [5.41, 5.74) is 2.91. The van der Waals surface area contributed by atoms with Crippen molar-refractivity contribution < 1.29 is 8.42 Å². The molecular weight excluding hydrogens is 340 g/mol. The lowest BCUT2D eigenvalue weighted by Crippen LogP contribution is -2.14. The fourth-order valence-electron chi connectivity index (χ4n) is 1.67. The molecule has 0 aliphatic carbocycles. The maximum Gasteiger partial charge on any atom is 0.263 e. The number of pyridine rings is 1. The highest BCUT2D eigenvalue weighted by Gasteiger charge is 2.15. The Morgan fingerprint density at radius 3 is 2.35 bits per heavy atom. The van der Waals surface area contributed by atoms with Gasteiger partial charge in [0.05, 0.1) is 4.90 Å². The molecule has 0 radical (unpaired) electrons. The molecule has 0 amide bonds. The molecular formula is C14H15BrN2O2S. The summed E-state index contributed by atoms with van der Waals surface area (Å²) in [5.74, 6) is 0.309. The fraction of sp³-hybridized carbons (Fsp3) is 0.214. The first kappa shape index (κ1) is 15.0. The maximum atomic E-state index is 12.3. The van der Waals surface area contributed by atoms with Gasteiger partial charge < -0.3 is 0 Å². The average molecular weight is 355 g/mol. The SMILES string of the molecule is Cc1ccc(S(=O)(=O)Nc2cc(C)c(Br)cn2)cc1C. The van der Waals surface area contributed by atoms with Gasteiger partial charge in [-0.15, -0.1) is 0 Å². The average Bonchev–Trinajstić information content (AvgIpc) is 2.37. The number of aryl methyl sites for hydroxylation is 3. The second-order valence-corrected chi connectivity index (χ2v) is 7.21. The monoisotopic (exact) mass is 354 g/mol. The van der Waals surface area contributed by atoms with Crippen molar-refractivity contribution in [2.45, 2.75) is 25.7 Å². The first-order chi connectivity index (χ1) is 9.29. The third kappa shape index (κ3) is 3.19. The van der Waals surface area contributed by atoms with Gasteiger partial charge in [-0.3, -0.25) is 4.72 Å². The molecule has 20 heavy (non-hydrogen) atoms. The summed E-state index contributed by atoms with van der Waals surface area (Å²) >= 11 is 3.33. The Morgan fingerprint density at radius 1 is 1.05 bits per heavy atom. The zero-order chi connectivity index (χ0) is 14.9. The van der Waals surface area contributed by atoms with Crippen LogP contribution in [0.15, 0.2) is 39.8 Å². The number of halogens is 1. The standard InChI is InChI=1S/C14H15BrN2O2S/c1-9-4-5-12(6-10(9)2)20(18,19)17-14-7-11(3)13(15)8-16-14/h4-8H,1-3H3,(H,16,17). The summed E-state index contributed by atoms with van der Waals surface area (Å²) in [6.45, 7) is 5.70. The van der Waals surface area contributed by atoms with Crippen LogP contribution < -0.4 is 4.72 Å². The zero-order valence-electron chi connectivity index (χ0n) is 11.4. The van der Waals surface area contributed by atoms with E-state index in [-0.39, 0.29) is 4.90 Å². The Kier molecular flexibility index (Phi) is 4.15. The van der Waals surface area contributed by atoms with Crippen LogP contribution in [0.4, 0.5) is 5.82 Å². The highest BCUT2D eigenvalue weighted by Crippen LogP contribution is 2.21. The number of hydrogen-bond acceptors (Lipinski definition) is 3. The summed E-state index contributed by atoms with van der Waals surface area (Å²) < 4.78 is 27.9. The van der Waals surface area contributed by atoms with Crippen LogP contribution in [0.2, 0.25) is 0 Å². The minimum absolute atomic E-state index is 0.239. The molecule has 0 saturated heterocycles. The second-order valence-electron chi connectivity index (χ2n) is 4.67. The van der Waals surface area contributed by atoms with Gasteiger partial charge in [0.2, 0.25) is 0 Å². The quantitative estimate of drug-likeness (QED) is 0.916. The predicted octanol–water partition coefficient (Wildman–Crippen LogP) is 3.57. The molecule has 1 heterocycles. The molecule has 0 spiro atoms. The molecule has 1 aromatic heterocycles. The van der Waals surface area contributed by atoms with Crippen molar-refractivity contribution in [2.24, 2.45) is 0 Å². The van der Waals surface area contributed by atoms with E-state index in [2.05, 4.69) is 25.6 Å². The van der Waals surface area contributed by atoms with Crippen LogP contribution in [0.5, 0.6) is 0 Å². The Balaban J connectivity index is 2.35. The molecule has 0 aliphatic heterocycles. The molecule has 2 aromatic rings. The molecule has 0 saturated carbocycles. The Hall–Kier alpha value is -1.40. The number of nitrogens with zero attached hydrogens (tertiary/aromatic N) is 1. The molecule has 2 rings (SSSR count). The van der Waals surface area contributed by atoms with Gasteiger partial charge in [-0.05, 0) is 71.6 Å². The lowest BCUT2D eigenvalue weighted by atomic mass is 10.1. The molecule has 1 N–H and O–H groups in total. The number of nitrogens with one attached hydrogen (secondary N) is 1. The van der Waals surface area contributed by atoms with E-state index in [1.54, 1.807) is 30.5 Å². The highest BCUT2D eigenvalue weighted by molar-refractivity contribution is 9.10. The maximum absolute atomic E-state index is 12.3. The van der Waals surface area contributed by atoms with Crippen LogP contribution in [0, 0.1) is 20.8 Å². The molecule has 106 valence electrons. The van der Waals surface area contributed by atoms with Gasteiger partial charge in [0, 0.05) is 10.7 Å². The van der Waals surface area contributed by atoms with Crippen molar-refractivity contribution in [3.63, 3.8) is 0 Å². The summed E-state index contributed by atoms with van der Waals surface area (Å²) in [4.78, 5) is 4.29. The minimum atomic E-state index is -3.61. The first-order valence-electron chi connectivity index (χ1n) is 6.02. The number of anilines is 1. The molecule has 0 aliphatic rings. The molecule has 6 heteroatoms. The van der Waals surface area contributed by atoms with E-state index >= 15 is 0 Å². The highest BCUT2D eigenvalue weighted by atomic mass is 79.9. The van der Waals surface area contributed by atoms with Crippen LogP contribution >= 0.6 is 15.9 Å². The molecule has 0 unspecified atom stereocenters. The lowest BCUT2D eigenvalue weighted by Gasteiger charge is -2.10. The van der Waals surface area contributed by atoms with Crippen molar-refractivity contribution >= 4 is 31.8 Å². The van der Waals surface area contributed by atoms with E-state index in [1.165, 1.54) is 0 Å². The predicted molar refractivity (Wildman–Crippen MR) is 83.4 cm³/mol. The van der Waals surface area contributed by atoms with E-state index in [4.69, 9.17) is 0 Å². The largest absolute Gasteiger partial charge is 0.263 e. The summed E-state index contributed by atoms with van der Waals surface area (Å²) in [6.07, 6.45) is 1.58. The summed E-state index contributed by atoms with van der Waals surface area (Å²) in [6, 6.07) is 6.73. The first-order valence-corrected chi connectivity index (χ1v) is 8.29. The van der Waals surface area contributed by atoms with E-state index < -0.39 is 10.0 Å². The van der Waals surface area contributed by atoms with Gasteiger partial charge >= 0.3 is 0 Å². The second kappa shape index (κ2) is 5.54. The molecule has 0 atom stereocenters. The topological polar surface area (TPSA) is 59.1 Å². The fourth-order valence-corrected chi connectivity index (χ4v) is 2.97. The third-order valence-electron chi connectivity index (χ3n) is 3.07. The molecule has 0 bridgehead atoms. The molecule has 4 nitrogen and oxygen atoms in total. The number of benzene rings is 1. The van der Waals surface area contributed by atoms with E-state index in [0.717, 1.165) is 21.2 Å². The Morgan fingerprint density at radius 2 is 1.75 bits per heavy atom. The van der Waals surface area contributed by atoms with Crippen molar-refractivity contribution in [2.75, 3.05) is 4.72 Å². The van der Waals surface area contributed by atoms with Crippen LogP contribution in [0.3, 0.4) is 0 Å². The van der Waals surface area contributed by atoms with Crippen LogP contribution in [0.1, 0.15) is 16.7 Å². The zero-order valence-corrected chi connectivity index (χ0v) is 13.8. The van der Waals surface area contributed by atoms with Crippen molar-refractivity contribution in [1.29, 1.82) is 0 Å². The number of sulfonamides is 1. The molecule has 1 aromatic carbocycles. The third-order valence-corrected chi connectivity index (χ3v) is 5.26. The summed E-state index contributed by atoms with van der Waals surface area (Å²) in [5, 5.41) is 0. The van der Waals surface area contributed by atoms with Crippen LogP contribution in [0.25, 0.3) is 0 Å². The smallest absolute Gasteiger partial charge is 0.263 e. The number of hydrogen-bond donors (Lipinski definition) is 1. The van der Waals surface area contributed by atoms with Gasteiger partial charge in [0.25, 0.3) is 10.0 Å². The Bertz CT molecular complexity index is 758. The number of aromatic nitrogens is 1. The van der Waals surface area contributed by atoms with Gasteiger partial charge in [0.1, 0.15) is 5.82 Å². The van der Waals surface area contributed by atoms with E-state index in [0.29, 0.717) is 5.82 Å². The van der Waals surface area contributed by atoms with Crippen molar-refractivity contribution in [3.8, 4) is 0 Å². The normalized spacial score (nSPS) is 11.4. The van der Waals surface area contributed by atoms with Crippen LogP contribution in [-0.4, -0.2) is 13.4 Å². The summed E-state index contributed by atoms with van der Waals surface area (Å²) in [7, 11) is -3.61. The van der Waals surface area contributed by atoms with Gasteiger partial charge in [-0.1, -0.05) is 6.07 Å². The lowest BCUT2D eigenvalue weighted by molar-refractivity contribution is 0.601. The van der Waals surface area contributed by atoms with Crippen molar-refractivity contribution in [1.82, 2.24) is 4.98 Å². The minimum Gasteiger partial charge on any atom is -0.263 e. The number of rotatable bonds is 3. The van der Waals surface area contributed by atoms with E-state index in [9.17, 15) is 8.42 Å². The van der Waals surface area contributed by atoms with Gasteiger partial charge in [-0.2, -0.15) is 0 Å². The van der Waals surface area contributed by atoms with Gasteiger partial charge in [0.15, 0.2) is 0 Å². The Labute approximate surface area is 127 Å².